The normalized spacial score (nSPS) is 32.1. The quantitative estimate of drug-likeness (QED) is 0.773. The number of likely N-dealkylation sites (N-methyl/N-ethyl adjacent to an activating group) is 1. The van der Waals surface area contributed by atoms with Crippen LogP contribution >= 0.6 is 0 Å². The molecular weight excluding hydrogens is 280 g/mol. The number of nitrogens with zero attached hydrogens (tertiary/aromatic N) is 2. The van der Waals surface area contributed by atoms with Crippen LogP contribution < -0.4 is 0 Å². The predicted octanol–water partition coefficient (Wildman–Crippen LogP) is 1.37. The van der Waals surface area contributed by atoms with Crippen molar-refractivity contribution in [1.82, 2.24) is 9.80 Å². The molecule has 3 aliphatic heterocycles. The molecule has 0 aliphatic carbocycles. The number of carbonyl (C=O) groups excluding carboxylic acids is 1. The first-order chi connectivity index (χ1) is 10.7. The van der Waals surface area contributed by atoms with Gasteiger partial charge in [0, 0.05) is 50.7 Å². The highest BCUT2D eigenvalue weighted by Crippen LogP contribution is 2.34. The van der Waals surface area contributed by atoms with Gasteiger partial charge in [0.25, 0.3) is 0 Å². The molecule has 126 valence electrons. The summed E-state index contributed by atoms with van der Waals surface area (Å²) in [6, 6.07) is 0. The number of hydrogen-bond donors (Lipinski definition) is 0. The zero-order chi connectivity index (χ0) is 15.4. The third-order valence-corrected chi connectivity index (χ3v) is 5.51. The van der Waals surface area contributed by atoms with Crippen molar-refractivity contribution in [2.45, 2.75) is 32.6 Å². The summed E-state index contributed by atoms with van der Waals surface area (Å²) in [5, 5.41) is 0. The molecule has 1 spiro atoms. The number of rotatable bonds is 2. The van der Waals surface area contributed by atoms with Crippen LogP contribution in [0.15, 0.2) is 0 Å². The molecule has 1 atom stereocenters. The minimum Gasteiger partial charge on any atom is -0.381 e. The lowest BCUT2D eigenvalue weighted by Gasteiger charge is -2.44. The molecule has 0 bridgehead atoms. The Bertz CT molecular complexity index is 384. The number of amides is 1. The van der Waals surface area contributed by atoms with Crippen molar-refractivity contribution in [1.29, 1.82) is 0 Å². The molecule has 0 N–H and O–H groups in total. The topological polar surface area (TPSA) is 42.0 Å². The average molecular weight is 310 g/mol. The summed E-state index contributed by atoms with van der Waals surface area (Å²) in [7, 11) is 0. The Morgan fingerprint density at radius 2 is 1.95 bits per heavy atom. The summed E-state index contributed by atoms with van der Waals surface area (Å²) < 4.78 is 11.3. The summed E-state index contributed by atoms with van der Waals surface area (Å²) in [5.74, 6) is 0.535. The average Bonchev–Trinajstić information content (AvgIpc) is 2.77. The van der Waals surface area contributed by atoms with Crippen LogP contribution in [0.4, 0.5) is 0 Å². The Morgan fingerprint density at radius 1 is 1.14 bits per heavy atom. The van der Waals surface area contributed by atoms with Gasteiger partial charge in [0.05, 0.1) is 13.2 Å². The minimum absolute atomic E-state index is 0.144. The van der Waals surface area contributed by atoms with E-state index >= 15 is 0 Å². The Morgan fingerprint density at radius 3 is 2.73 bits per heavy atom. The zero-order valence-electron chi connectivity index (χ0n) is 13.9. The van der Waals surface area contributed by atoms with Crippen LogP contribution in [0, 0.1) is 11.3 Å². The van der Waals surface area contributed by atoms with Crippen LogP contribution in [0.25, 0.3) is 0 Å². The van der Waals surface area contributed by atoms with E-state index < -0.39 is 0 Å². The Balaban J connectivity index is 1.65. The van der Waals surface area contributed by atoms with Crippen molar-refractivity contribution >= 4 is 5.91 Å². The number of piperidine rings is 1. The molecule has 3 heterocycles. The van der Waals surface area contributed by atoms with Gasteiger partial charge in [0.1, 0.15) is 0 Å². The van der Waals surface area contributed by atoms with Gasteiger partial charge < -0.3 is 19.3 Å². The summed E-state index contributed by atoms with van der Waals surface area (Å²) >= 11 is 0. The summed E-state index contributed by atoms with van der Waals surface area (Å²) in [5.41, 5.74) is 0.144. The first-order valence-corrected chi connectivity index (χ1v) is 8.89. The van der Waals surface area contributed by atoms with Crippen molar-refractivity contribution in [3.05, 3.63) is 0 Å². The number of carbonyl (C=O) groups is 1. The first-order valence-electron chi connectivity index (χ1n) is 8.89. The highest BCUT2D eigenvalue weighted by Gasteiger charge is 2.41. The van der Waals surface area contributed by atoms with E-state index in [9.17, 15) is 4.79 Å². The van der Waals surface area contributed by atoms with E-state index in [-0.39, 0.29) is 11.3 Å². The predicted molar refractivity (Wildman–Crippen MR) is 84.7 cm³/mol. The summed E-state index contributed by atoms with van der Waals surface area (Å²) in [6.07, 6.45) is 4.07. The van der Waals surface area contributed by atoms with Gasteiger partial charge in [-0.1, -0.05) is 6.92 Å². The van der Waals surface area contributed by atoms with Gasteiger partial charge in [-0.2, -0.15) is 0 Å². The minimum atomic E-state index is 0.144. The molecule has 0 saturated carbocycles. The fourth-order valence-electron chi connectivity index (χ4n) is 4.20. The molecule has 0 aromatic heterocycles. The molecule has 5 heteroatoms. The fourth-order valence-corrected chi connectivity index (χ4v) is 4.20. The molecular formula is C17H30N2O3. The van der Waals surface area contributed by atoms with Gasteiger partial charge in [-0.15, -0.1) is 0 Å². The molecule has 3 saturated heterocycles. The smallest absolute Gasteiger partial charge is 0.225 e. The first kappa shape index (κ1) is 16.2. The maximum Gasteiger partial charge on any atom is 0.225 e. The highest BCUT2D eigenvalue weighted by molar-refractivity contribution is 5.79. The molecule has 1 amide bonds. The van der Waals surface area contributed by atoms with E-state index in [4.69, 9.17) is 9.47 Å². The Labute approximate surface area is 133 Å². The summed E-state index contributed by atoms with van der Waals surface area (Å²) in [4.78, 5) is 17.4. The van der Waals surface area contributed by atoms with E-state index in [0.29, 0.717) is 5.91 Å². The highest BCUT2D eigenvalue weighted by atomic mass is 16.5. The van der Waals surface area contributed by atoms with Crippen molar-refractivity contribution in [3.63, 3.8) is 0 Å². The maximum atomic E-state index is 12.8. The largest absolute Gasteiger partial charge is 0.381 e. The van der Waals surface area contributed by atoms with E-state index in [1.165, 1.54) is 6.42 Å². The van der Waals surface area contributed by atoms with Gasteiger partial charge in [-0.05, 0) is 32.2 Å². The van der Waals surface area contributed by atoms with Crippen molar-refractivity contribution in [2.75, 3.05) is 59.2 Å². The molecule has 3 fully saturated rings. The van der Waals surface area contributed by atoms with Crippen LogP contribution in [-0.2, 0) is 14.3 Å². The molecule has 5 nitrogen and oxygen atoms in total. The molecule has 0 aromatic carbocycles. The van der Waals surface area contributed by atoms with Gasteiger partial charge in [-0.25, -0.2) is 0 Å². The monoisotopic (exact) mass is 310 g/mol. The van der Waals surface area contributed by atoms with Gasteiger partial charge in [-0.3, -0.25) is 4.79 Å². The third-order valence-electron chi connectivity index (χ3n) is 5.51. The molecule has 3 rings (SSSR count). The van der Waals surface area contributed by atoms with E-state index in [0.717, 1.165) is 78.4 Å². The van der Waals surface area contributed by atoms with Crippen LogP contribution in [0.5, 0.6) is 0 Å². The zero-order valence-corrected chi connectivity index (χ0v) is 13.9. The third kappa shape index (κ3) is 3.63. The van der Waals surface area contributed by atoms with Gasteiger partial charge >= 0.3 is 0 Å². The number of likely N-dealkylation sites (tertiary alicyclic amines) is 1. The van der Waals surface area contributed by atoms with E-state index in [2.05, 4.69) is 16.7 Å². The van der Waals surface area contributed by atoms with Gasteiger partial charge in [0.2, 0.25) is 5.91 Å². The number of ether oxygens (including phenoxy) is 2. The lowest BCUT2D eigenvalue weighted by atomic mass is 9.79. The maximum absolute atomic E-state index is 12.8. The molecule has 0 aromatic rings. The molecule has 22 heavy (non-hydrogen) atoms. The number of hydrogen-bond acceptors (Lipinski definition) is 4. The molecule has 0 radical (unpaired) electrons. The lowest BCUT2D eigenvalue weighted by molar-refractivity contribution is -0.143. The van der Waals surface area contributed by atoms with Crippen molar-refractivity contribution in [3.8, 4) is 0 Å². The van der Waals surface area contributed by atoms with E-state index in [1.807, 2.05) is 0 Å². The second-order valence-corrected chi connectivity index (χ2v) is 7.17. The van der Waals surface area contributed by atoms with Crippen LogP contribution in [0.2, 0.25) is 0 Å². The van der Waals surface area contributed by atoms with Crippen LogP contribution in [-0.4, -0.2) is 74.9 Å². The second kappa shape index (κ2) is 7.28. The van der Waals surface area contributed by atoms with Crippen LogP contribution in [0.1, 0.15) is 32.6 Å². The lowest BCUT2D eigenvalue weighted by Crippen LogP contribution is -2.53. The van der Waals surface area contributed by atoms with Crippen molar-refractivity contribution in [2.24, 2.45) is 11.3 Å². The summed E-state index contributed by atoms with van der Waals surface area (Å²) in [6.45, 7) is 10.3. The molecule has 3 aliphatic rings. The Hall–Kier alpha value is -0.650. The fraction of sp³-hybridized carbons (Fsp3) is 0.941. The molecule has 1 unspecified atom stereocenters. The van der Waals surface area contributed by atoms with Crippen LogP contribution in [0.3, 0.4) is 0 Å². The Kier molecular flexibility index (Phi) is 5.37. The van der Waals surface area contributed by atoms with E-state index in [1.54, 1.807) is 0 Å². The SMILES string of the molecule is CCN1CCOCC2(CCCN(C(=O)C3CCOCC3)C2)C1. The second-order valence-electron chi connectivity index (χ2n) is 7.17. The van der Waals surface area contributed by atoms with Crippen molar-refractivity contribution < 1.29 is 14.3 Å². The standard InChI is InChI=1S/C17H30N2O3/c1-2-18-8-11-22-14-17(12-18)6-3-7-19(13-17)16(20)15-4-9-21-10-5-15/h15H,2-14H2,1H3. The van der Waals surface area contributed by atoms with Gasteiger partial charge in [0.15, 0.2) is 0 Å².